The topological polar surface area (TPSA) is 178 Å². The largest absolute Gasteiger partial charge is 0.511 e. The molecule has 4 aliphatic carbocycles. The summed E-state index contributed by atoms with van der Waals surface area (Å²) in [5, 5.41) is 65.3. The predicted octanol–water partition coefficient (Wildman–Crippen LogP) is 3.19. The summed E-state index contributed by atoms with van der Waals surface area (Å²) in [4.78, 5) is 29.2. The van der Waals surface area contributed by atoms with Gasteiger partial charge in [0.15, 0.2) is 11.6 Å². The van der Waals surface area contributed by atoms with Gasteiger partial charge in [-0.1, -0.05) is 63.9 Å². The van der Waals surface area contributed by atoms with Crippen LogP contribution in [-0.2, 0) is 4.74 Å². The van der Waals surface area contributed by atoms with E-state index in [0.29, 0.717) is 18.5 Å². The van der Waals surface area contributed by atoms with Crippen LogP contribution in [0.15, 0.2) is 76.4 Å². The van der Waals surface area contributed by atoms with Crippen LogP contribution in [0.5, 0.6) is 5.75 Å². The van der Waals surface area contributed by atoms with E-state index in [-0.39, 0.29) is 51.9 Å². The fourth-order valence-electron chi connectivity index (χ4n) is 9.99. The molecule has 1 saturated carbocycles. The van der Waals surface area contributed by atoms with Gasteiger partial charge in [0.2, 0.25) is 6.29 Å². The molecule has 7 N–H and O–H groups in total. The third-order valence-corrected chi connectivity index (χ3v) is 15.0. The van der Waals surface area contributed by atoms with Gasteiger partial charge in [0.1, 0.15) is 46.7 Å². The Kier molecular flexibility index (Phi) is 7.54. The van der Waals surface area contributed by atoms with Crippen molar-refractivity contribution < 1.29 is 44.6 Å². The standard InChI is InChI=1S/C37H40N2O9S2/c1-17-10-22-29(42)20-5-2-6-23-28(20)31(44)36(22,25(41)11-17)16-49-50-26-13-18-12-19-4-3-8-35(19,21-7-9-38-33(39-26)27(18)21)15-37(46)30(43)24(14-40)48-34(47-23)32(37)45/h2,5-7,10-12,19,22,24,26,30,32,34,38-41,43,45-46H,3-4,8-9,13-16H2,1H3/t19-,22-,24-,26-,30-,32+,34-,35+,36+,37+/m1/s1. The molecule has 10 aliphatic rings. The Morgan fingerprint density at radius 2 is 1.98 bits per heavy atom. The van der Waals surface area contributed by atoms with Crippen molar-refractivity contribution in [3.63, 3.8) is 0 Å². The molecule has 13 heteroatoms. The number of hydrogen-bond acceptors (Lipinski definition) is 13. The van der Waals surface area contributed by atoms with Crippen molar-refractivity contribution in [2.45, 2.75) is 74.6 Å². The van der Waals surface area contributed by atoms with Gasteiger partial charge in [0.25, 0.3) is 0 Å². The van der Waals surface area contributed by atoms with Gasteiger partial charge in [-0.3, -0.25) is 9.59 Å². The van der Waals surface area contributed by atoms with E-state index in [4.69, 9.17) is 9.47 Å². The summed E-state index contributed by atoms with van der Waals surface area (Å²) in [5.74, 6) is -1.05. The van der Waals surface area contributed by atoms with Crippen LogP contribution in [-0.4, -0.2) is 91.6 Å². The van der Waals surface area contributed by atoms with Crippen molar-refractivity contribution in [3.05, 3.63) is 87.5 Å². The van der Waals surface area contributed by atoms with Crippen LogP contribution < -0.4 is 15.4 Å². The molecule has 50 heavy (non-hydrogen) atoms. The monoisotopic (exact) mass is 720 g/mol. The second kappa shape index (κ2) is 11.5. The van der Waals surface area contributed by atoms with Gasteiger partial charge >= 0.3 is 0 Å². The number of ether oxygens (including phenoxy) is 2. The molecule has 2 fully saturated rings. The summed E-state index contributed by atoms with van der Waals surface area (Å²) in [6, 6.07) is 4.62. The molecule has 10 bridgehead atoms. The van der Waals surface area contributed by atoms with Crippen molar-refractivity contribution >= 4 is 33.2 Å². The summed E-state index contributed by atoms with van der Waals surface area (Å²) in [7, 11) is 3.00. The average molecular weight is 721 g/mol. The van der Waals surface area contributed by atoms with E-state index >= 15 is 0 Å². The SMILES string of the molecule is CC1=C[C@@H]2C(=O)c3cccc4c3C(=O)[C@]2(CSS[C@@H]2CC3=C[C@H]5CCC[C@@]5(C[C@]5(O)[C@H](O)[C@@H](CO)O[C@@H](O4)[C@@H]5O)C4=CCNC(=C34)N2)C(O)=C1. The molecule has 1 aromatic carbocycles. The molecule has 6 heterocycles. The molecule has 1 saturated heterocycles. The maximum absolute atomic E-state index is 14.9. The number of rotatable bonds is 1. The molecule has 11 nitrogen and oxygen atoms in total. The lowest BCUT2D eigenvalue weighted by Gasteiger charge is -2.54. The molecule has 0 unspecified atom stereocenters. The molecular formula is C37H40N2O9S2. The van der Waals surface area contributed by atoms with E-state index in [2.05, 4.69) is 22.8 Å². The van der Waals surface area contributed by atoms with Crippen molar-refractivity contribution in [2.24, 2.45) is 22.7 Å². The third kappa shape index (κ3) is 4.37. The molecule has 11 rings (SSSR count). The fourth-order valence-corrected chi connectivity index (χ4v) is 12.9. The van der Waals surface area contributed by atoms with Gasteiger partial charge < -0.3 is 45.6 Å². The highest BCUT2D eigenvalue weighted by atomic mass is 33.1. The first kappa shape index (κ1) is 32.8. The highest BCUT2D eigenvalue weighted by Crippen LogP contribution is 2.63. The highest BCUT2D eigenvalue weighted by molar-refractivity contribution is 8.76. The maximum atomic E-state index is 14.9. The Hall–Kier alpha value is -3.04. The van der Waals surface area contributed by atoms with Gasteiger partial charge in [-0.2, -0.15) is 0 Å². The van der Waals surface area contributed by atoms with Crippen LogP contribution in [0.4, 0.5) is 0 Å². The van der Waals surface area contributed by atoms with Crippen LogP contribution in [0.1, 0.15) is 59.7 Å². The Morgan fingerprint density at radius 1 is 1.14 bits per heavy atom. The number of carbonyl (C=O) groups excluding carboxylic acids is 2. The van der Waals surface area contributed by atoms with E-state index in [1.807, 2.05) is 0 Å². The summed E-state index contributed by atoms with van der Waals surface area (Å²) in [6.07, 6.45) is 4.49. The van der Waals surface area contributed by atoms with Crippen LogP contribution >= 0.6 is 21.6 Å². The van der Waals surface area contributed by atoms with E-state index in [1.165, 1.54) is 28.5 Å². The van der Waals surface area contributed by atoms with Crippen LogP contribution in [0.2, 0.25) is 0 Å². The number of ketones is 2. The zero-order valence-electron chi connectivity index (χ0n) is 27.4. The number of allylic oxidation sites excluding steroid dienone is 7. The first-order valence-electron chi connectivity index (χ1n) is 17.3. The van der Waals surface area contributed by atoms with E-state index in [9.17, 15) is 35.1 Å². The molecule has 0 radical (unpaired) electrons. The smallest absolute Gasteiger partial charge is 0.229 e. The first-order valence-corrected chi connectivity index (χ1v) is 19.7. The van der Waals surface area contributed by atoms with Crippen molar-refractivity contribution in [2.75, 3.05) is 18.9 Å². The maximum Gasteiger partial charge on any atom is 0.229 e. The number of nitrogens with one attached hydrogen (secondary N) is 2. The Labute approximate surface area is 297 Å². The van der Waals surface area contributed by atoms with Crippen molar-refractivity contribution in [1.82, 2.24) is 10.6 Å². The first-order chi connectivity index (χ1) is 24.0. The number of aliphatic hydroxyl groups is 5. The van der Waals surface area contributed by atoms with E-state index in [1.54, 1.807) is 35.9 Å². The minimum Gasteiger partial charge on any atom is -0.511 e. The highest BCUT2D eigenvalue weighted by Gasteiger charge is 2.63. The summed E-state index contributed by atoms with van der Waals surface area (Å²) in [5.41, 5.74) is -0.368. The molecule has 0 amide bonds. The average Bonchev–Trinajstić information content (AvgIpc) is 3.51. The molecule has 1 aromatic rings. The Balaban J connectivity index is 1.23. The lowest BCUT2D eigenvalue weighted by Crippen LogP contribution is -2.69. The molecule has 0 aromatic heterocycles. The zero-order valence-corrected chi connectivity index (χ0v) is 29.1. The lowest BCUT2D eigenvalue weighted by atomic mass is 9.57. The Morgan fingerprint density at radius 3 is 2.80 bits per heavy atom. The Bertz CT molecular complexity index is 1870. The predicted molar refractivity (Wildman–Crippen MR) is 186 cm³/mol. The second-order valence-electron chi connectivity index (χ2n) is 15.0. The third-order valence-electron chi connectivity index (χ3n) is 12.3. The number of Topliss-reactive ketones (excluding diaryl/α,β-unsaturated/α-hetero) is 2. The minimum absolute atomic E-state index is 0.0212. The lowest BCUT2D eigenvalue weighted by molar-refractivity contribution is -0.320. The van der Waals surface area contributed by atoms with E-state index in [0.717, 1.165) is 36.2 Å². The molecule has 264 valence electrons. The summed E-state index contributed by atoms with van der Waals surface area (Å²) >= 11 is 0. The van der Waals surface area contributed by atoms with Crippen molar-refractivity contribution in [1.29, 1.82) is 0 Å². The number of dihydropyridines is 1. The summed E-state index contributed by atoms with van der Waals surface area (Å²) < 4.78 is 12.2. The minimum atomic E-state index is -2.19. The number of aliphatic hydroxyl groups excluding tert-OH is 4. The fraction of sp³-hybridized carbons (Fsp3) is 0.514. The van der Waals surface area contributed by atoms with Crippen LogP contribution in [0.3, 0.4) is 0 Å². The summed E-state index contributed by atoms with van der Waals surface area (Å²) in [6.45, 7) is 1.66. The quantitative estimate of drug-likeness (QED) is 0.211. The van der Waals surface area contributed by atoms with Crippen LogP contribution in [0, 0.1) is 22.7 Å². The van der Waals surface area contributed by atoms with Gasteiger partial charge in [-0.25, -0.2) is 0 Å². The number of hydrogen-bond donors (Lipinski definition) is 7. The normalized spacial score (nSPS) is 41.7. The van der Waals surface area contributed by atoms with Gasteiger partial charge in [0, 0.05) is 35.3 Å². The zero-order chi connectivity index (χ0) is 34.7. The second-order valence-corrected chi connectivity index (χ2v) is 17.5. The van der Waals surface area contributed by atoms with Crippen molar-refractivity contribution in [3.8, 4) is 5.75 Å². The van der Waals surface area contributed by atoms with Gasteiger partial charge in [-0.15, -0.1) is 0 Å². The molecular weight excluding hydrogens is 681 g/mol. The van der Waals surface area contributed by atoms with E-state index < -0.39 is 59.3 Å². The van der Waals surface area contributed by atoms with Gasteiger partial charge in [-0.05, 0) is 55.4 Å². The molecule has 6 aliphatic heterocycles. The number of benzene rings is 1. The molecule has 10 atom stereocenters. The number of carbonyl (C=O) groups is 2. The molecule has 2 spiro atoms. The van der Waals surface area contributed by atoms with Crippen LogP contribution in [0.25, 0.3) is 0 Å². The van der Waals surface area contributed by atoms with Gasteiger partial charge in [0.05, 0.1) is 23.5 Å².